The van der Waals surface area contributed by atoms with Crippen molar-refractivity contribution in [3.63, 3.8) is 0 Å². The number of carbonyl (C=O) groups excluding carboxylic acids is 1. The molecule has 1 amide bonds. The summed E-state index contributed by atoms with van der Waals surface area (Å²) in [6, 6.07) is 12.7. The number of anilines is 1. The molecule has 3 aromatic rings. The molecule has 2 heterocycles. The SMILES string of the molecule is O=C(Cn1c(-c2cccs2)noc1=O)Nc1ccccc1. The molecule has 0 unspecified atom stereocenters. The number of amides is 1. The summed E-state index contributed by atoms with van der Waals surface area (Å²) in [6.45, 7) is -0.148. The molecule has 1 N–H and O–H groups in total. The Kier molecular flexibility index (Phi) is 3.65. The number of thiophene rings is 1. The highest BCUT2D eigenvalue weighted by molar-refractivity contribution is 7.13. The zero-order chi connectivity index (χ0) is 14.7. The van der Waals surface area contributed by atoms with E-state index >= 15 is 0 Å². The van der Waals surface area contributed by atoms with E-state index in [1.54, 1.807) is 12.1 Å². The first-order valence-corrected chi connectivity index (χ1v) is 7.07. The summed E-state index contributed by atoms with van der Waals surface area (Å²) in [5.41, 5.74) is 0.671. The van der Waals surface area contributed by atoms with Gasteiger partial charge in [0, 0.05) is 5.69 Å². The van der Waals surface area contributed by atoms with Crippen molar-refractivity contribution >= 4 is 22.9 Å². The van der Waals surface area contributed by atoms with Crippen molar-refractivity contribution in [3.05, 3.63) is 58.4 Å². The van der Waals surface area contributed by atoms with Crippen LogP contribution in [0.4, 0.5) is 5.69 Å². The molecule has 3 rings (SSSR count). The summed E-state index contributed by atoms with van der Waals surface area (Å²) in [5.74, 6) is -0.607. The number of rotatable bonds is 4. The van der Waals surface area contributed by atoms with Crippen LogP contribution in [0.5, 0.6) is 0 Å². The molecule has 106 valence electrons. The second-order valence-corrected chi connectivity index (χ2v) is 5.20. The molecule has 0 aliphatic carbocycles. The Morgan fingerprint density at radius 1 is 1.24 bits per heavy atom. The van der Waals surface area contributed by atoms with E-state index in [0.717, 1.165) is 4.88 Å². The highest BCUT2D eigenvalue weighted by atomic mass is 32.1. The van der Waals surface area contributed by atoms with Gasteiger partial charge in [-0.25, -0.2) is 9.36 Å². The van der Waals surface area contributed by atoms with Gasteiger partial charge in [-0.05, 0) is 23.6 Å². The van der Waals surface area contributed by atoms with E-state index in [1.807, 2.05) is 35.7 Å². The third-order valence-corrected chi connectivity index (χ3v) is 3.65. The number of para-hydroxylation sites is 1. The number of benzene rings is 1. The maximum atomic E-state index is 12.0. The van der Waals surface area contributed by atoms with Crippen molar-refractivity contribution in [1.82, 2.24) is 9.72 Å². The molecule has 0 saturated heterocycles. The van der Waals surface area contributed by atoms with Crippen LogP contribution in [0.25, 0.3) is 10.7 Å². The van der Waals surface area contributed by atoms with Crippen molar-refractivity contribution < 1.29 is 9.32 Å². The molecule has 0 radical (unpaired) electrons. The Morgan fingerprint density at radius 2 is 2.05 bits per heavy atom. The van der Waals surface area contributed by atoms with Crippen molar-refractivity contribution in [3.8, 4) is 10.7 Å². The molecule has 21 heavy (non-hydrogen) atoms. The molecule has 2 aromatic heterocycles. The van der Waals surface area contributed by atoms with Gasteiger partial charge < -0.3 is 5.32 Å². The molecule has 0 aliphatic heterocycles. The maximum Gasteiger partial charge on any atom is 0.442 e. The van der Waals surface area contributed by atoms with E-state index < -0.39 is 5.76 Å². The van der Waals surface area contributed by atoms with Gasteiger partial charge >= 0.3 is 5.76 Å². The monoisotopic (exact) mass is 301 g/mol. The first-order valence-electron chi connectivity index (χ1n) is 6.19. The predicted octanol–water partition coefficient (Wildman–Crippen LogP) is 2.20. The normalized spacial score (nSPS) is 10.5. The summed E-state index contributed by atoms with van der Waals surface area (Å²) < 4.78 is 5.87. The van der Waals surface area contributed by atoms with E-state index in [1.165, 1.54) is 15.9 Å². The van der Waals surface area contributed by atoms with Gasteiger partial charge in [0.25, 0.3) is 0 Å². The molecule has 0 fully saturated rings. The van der Waals surface area contributed by atoms with Crippen LogP contribution in [0.1, 0.15) is 0 Å². The highest BCUT2D eigenvalue weighted by Crippen LogP contribution is 2.21. The van der Waals surface area contributed by atoms with Crippen LogP contribution < -0.4 is 11.1 Å². The van der Waals surface area contributed by atoms with Crippen molar-refractivity contribution in [2.75, 3.05) is 5.32 Å². The topological polar surface area (TPSA) is 77.1 Å². The molecular formula is C14H11N3O3S. The van der Waals surface area contributed by atoms with Crippen molar-refractivity contribution in [2.45, 2.75) is 6.54 Å². The van der Waals surface area contributed by atoms with Crippen LogP contribution in [-0.4, -0.2) is 15.6 Å². The Hall–Kier alpha value is -2.67. The van der Waals surface area contributed by atoms with E-state index in [9.17, 15) is 9.59 Å². The van der Waals surface area contributed by atoms with Gasteiger partial charge in [0.1, 0.15) is 6.54 Å². The number of hydrogen-bond donors (Lipinski definition) is 1. The summed E-state index contributed by atoms with van der Waals surface area (Å²) in [4.78, 5) is 24.5. The van der Waals surface area contributed by atoms with E-state index in [0.29, 0.717) is 11.5 Å². The Balaban J connectivity index is 1.81. The van der Waals surface area contributed by atoms with Crippen LogP contribution in [0.3, 0.4) is 0 Å². The Morgan fingerprint density at radius 3 is 2.76 bits per heavy atom. The molecule has 1 aromatic carbocycles. The molecular weight excluding hydrogens is 290 g/mol. The van der Waals surface area contributed by atoms with Crippen LogP contribution in [0, 0.1) is 0 Å². The molecule has 0 atom stereocenters. The summed E-state index contributed by atoms with van der Waals surface area (Å²) >= 11 is 1.42. The third-order valence-electron chi connectivity index (χ3n) is 2.79. The van der Waals surface area contributed by atoms with Gasteiger partial charge in [-0.15, -0.1) is 11.3 Å². The van der Waals surface area contributed by atoms with Crippen molar-refractivity contribution in [2.24, 2.45) is 0 Å². The fourth-order valence-corrected chi connectivity index (χ4v) is 2.57. The largest absolute Gasteiger partial charge is 0.442 e. The smallest absolute Gasteiger partial charge is 0.325 e. The second kappa shape index (κ2) is 5.76. The van der Waals surface area contributed by atoms with Crippen LogP contribution in [0.2, 0.25) is 0 Å². The van der Waals surface area contributed by atoms with Crippen LogP contribution in [-0.2, 0) is 11.3 Å². The summed E-state index contributed by atoms with van der Waals surface area (Å²) in [6.07, 6.45) is 0. The first kappa shape index (κ1) is 13.3. The number of carbonyl (C=O) groups is 1. The average molecular weight is 301 g/mol. The van der Waals surface area contributed by atoms with Crippen LogP contribution >= 0.6 is 11.3 Å². The number of hydrogen-bond acceptors (Lipinski definition) is 5. The van der Waals surface area contributed by atoms with Gasteiger partial charge in [0.2, 0.25) is 5.91 Å². The lowest BCUT2D eigenvalue weighted by molar-refractivity contribution is -0.116. The standard InChI is InChI=1S/C14H11N3O3S/c18-12(15-10-5-2-1-3-6-10)9-17-13(16-20-14(17)19)11-7-4-8-21-11/h1-8H,9H2,(H,15,18). The quantitative estimate of drug-likeness (QED) is 0.801. The third kappa shape index (κ3) is 2.92. The minimum atomic E-state index is -0.651. The molecule has 0 bridgehead atoms. The van der Waals surface area contributed by atoms with Crippen molar-refractivity contribution in [1.29, 1.82) is 0 Å². The van der Waals surface area contributed by atoms with Gasteiger partial charge in [-0.3, -0.25) is 9.32 Å². The number of nitrogens with zero attached hydrogens (tertiary/aromatic N) is 2. The maximum absolute atomic E-state index is 12.0. The average Bonchev–Trinajstić information content (AvgIpc) is 3.11. The van der Waals surface area contributed by atoms with Gasteiger partial charge in [0.05, 0.1) is 4.88 Å². The lowest BCUT2D eigenvalue weighted by atomic mass is 10.3. The first-order chi connectivity index (χ1) is 10.2. The number of aromatic nitrogens is 2. The molecule has 6 nitrogen and oxygen atoms in total. The van der Waals surface area contributed by atoms with Gasteiger partial charge in [-0.2, -0.15) is 0 Å². The van der Waals surface area contributed by atoms with E-state index in [-0.39, 0.29) is 12.5 Å². The van der Waals surface area contributed by atoms with Gasteiger partial charge in [0.15, 0.2) is 5.82 Å². The molecule has 0 spiro atoms. The molecule has 0 aliphatic rings. The fraction of sp³-hybridized carbons (Fsp3) is 0.0714. The lowest BCUT2D eigenvalue weighted by Gasteiger charge is -2.05. The number of nitrogens with one attached hydrogen (secondary N) is 1. The minimum Gasteiger partial charge on any atom is -0.325 e. The van der Waals surface area contributed by atoms with Crippen LogP contribution in [0.15, 0.2) is 57.2 Å². The molecule has 7 heteroatoms. The van der Waals surface area contributed by atoms with Gasteiger partial charge in [-0.1, -0.05) is 29.4 Å². The van der Waals surface area contributed by atoms with E-state index in [4.69, 9.17) is 0 Å². The Labute approximate surface area is 123 Å². The lowest BCUT2D eigenvalue weighted by Crippen LogP contribution is -2.25. The zero-order valence-corrected chi connectivity index (χ0v) is 11.7. The second-order valence-electron chi connectivity index (χ2n) is 4.25. The molecule has 0 saturated carbocycles. The predicted molar refractivity (Wildman–Crippen MR) is 79.1 cm³/mol. The zero-order valence-electron chi connectivity index (χ0n) is 10.9. The minimum absolute atomic E-state index is 0.148. The van der Waals surface area contributed by atoms with E-state index in [2.05, 4.69) is 15.0 Å². The Bertz CT molecular complexity index is 790. The summed E-state index contributed by atoms with van der Waals surface area (Å²) in [7, 11) is 0. The highest BCUT2D eigenvalue weighted by Gasteiger charge is 2.16. The summed E-state index contributed by atoms with van der Waals surface area (Å²) in [5, 5.41) is 8.30. The fourth-order valence-electron chi connectivity index (χ4n) is 1.86.